The van der Waals surface area contributed by atoms with E-state index in [0.717, 1.165) is 49.4 Å². The molecule has 0 aliphatic carbocycles. The molecule has 1 N–H and O–H groups in total. The van der Waals surface area contributed by atoms with Crippen molar-refractivity contribution in [3.8, 4) is 11.1 Å². The lowest BCUT2D eigenvalue weighted by atomic mass is 9.78. The molecule has 0 amide bonds. The standard InChI is InChI=1S/C20H24FN3/c21-19-13-17(16-3-8-22-9-4-16)1-2-18(19)14-24-12-7-20(15-24)5-10-23-11-6-20/h1-4,8-9,13,23H,5-7,10-12,14-15H2. The Labute approximate surface area is 142 Å². The van der Waals surface area contributed by atoms with Crippen molar-refractivity contribution in [1.29, 1.82) is 0 Å². The van der Waals surface area contributed by atoms with Crippen LogP contribution in [0.5, 0.6) is 0 Å². The van der Waals surface area contributed by atoms with E-state index in [9.17, 15) is 4.39 Å². The van der Waals surface area contributed by atoms with E-state index in [1.165, 1.54) is 19.3 Å². The van der Waals surface area contributed by atoms with Crippen molar-refractivity contribution < 1.29 is 4.39 Å². The fourth-order valence-corrected chi connectivity index (χ4v) is 4.17. The first-order valence-corrected chi connectivity index (χ1v) is 8.86. The predicted molar refractivity (Wildman–Crippen MR) is 94.1 cm³/mol. The Hall–Kier alpha value is -1.78. The highest BCUT2D eigenvalue weighted by Gasteiger charge is 2.38. The van der Waals surface area contributed by atoms with Gasteiger partial charge >= 0.3 is 0 Å². The van der Waals surface area contributed by atoms with Crippen LogP contribution >= 0.6 is 0 Å². The van der Waals surface area contributed by atoms with Crippen LogP contribution in [0, 0.1) is 11.2 Å². The molecule has 126 valence electrons. The summed E-state index contributed by atoms with van der Waals surface area (Å²) in [6.45, 7) is 5.18. The number of piperidine rings is 1. The predicted octanol–water partition coefficient (Wildman–Crippen LogP) is 3.46. The molecule has 4 heteroatoms. The largest absolute Gasteiger partial charge is 0.317 e. The van der Waals surface area contributed by atoms with Crippen molar-refractivity contribution in [3.05, 3.63) is 54.1 Å². The second-order valence-electron chi connectivity index (χ2n) is 7.25. The van der Waals surface area contributed by atoms with Crippen LogP contribution in [0.1, 0.15) is 24.8 Å². The van der Waals surface area contributed by atoms with Gasteiger partial charge in [0.2, 0.25) is 0 Å². The van der Waals surface area contributed by atoms with Gasteiger partial charge < -0.3 is 5.32 Å². The number of aromatic nitrogens is 1. The molecule has 3 nitrogen and oxygen atoms in total. The maximum Gasteiger partial charge on any atom is 0.128 e. The van der Waals surface area contributed by atoms with Crippen LogP contribution in [0.4, 0.5) is 4.39 Å². The van der Waals surface area contributed by atoms with Gasteiger partial charge in [0.15, 0.2) is 0 Å². The molecule has 2 fully saturated rings. The molecular weight excluding hydrogens is 301 g/mol. The maximum atomic E-state index is 14.6. The molecular formula is C20H24FN3. The highest BCUT2D eigenvalue weighted by atomic mass is 19.1. The van der Waals surface area contributed by atoms with Crippen molar-refractivity contribution in [2.24, 2.45) is 5.41 Å². The van der Waals surface area contributed by atoms with Crippen LogP contribution < -0.4 is 5.32 Å². The number of nitrogens with zero attached hydrogens (tertiary/aromatic N) is 2. The number of hydrogen-bond acceptors (Lipinski definition) is 3. The van der Waals surface area contributed by atoms with E-state index in [1.54, 1.807) is 18.5 Å². The van der Waals surface area contributed by atoms with Crippen molar-refractivity contribution in [2.75, 3.05) is 26.2 Å². The van der Waals surface area contributed by atoms with Gasteiger partial charge in [-0.05, 0) is 73.6 Å². The molecule has 0 unspecified atom stereocenters. The lowest BCUT2D eigenvalue weighted by Gasteiger charge is -2.34. The Morgan fingerprint density at radius 3 is 2.58 bits per heavy atom. The Morgan fingerprint density at radius 2 is 1.83 bits per heavy atom. The van der Waals surface area contributed by atoms with E-state index in [4.69, 9.17) is 0 Å². The quantitative estimate of drug-likeness (QED) is 0.937. The summed E-state index contributed by atoms with van der Waals surface area (Å²) in [6, 6.07) is 9.44. The van der Waals surface area contributed by atoms with Crippen LogP contribution in [0.15, 0.2) is 42.7 Å². The minimum atomic E-state index is -0.101. The smallest absolute Gasteiger partial charge is 0.128 e. The minimum absolute atomic E-state index is 0.101. The van der Waals surface area contributed by atoms with E-state index in [0.29, 0.717) is 5.41 Å². The molecule has 1 spiro atoms. The molecule has 24 heavy (non-hydrogen) atoms. The van der Waals surface area contributed by atoms with Gasteiger partial charge in [-0.25, -0.2) is 4.39 Å². The molecule has 2 aliphatic rings. The average molecular weight is 325 g/mol. The second-order valence-corrected chi connectivity index (χ2v) is 7.25. The molecule has 1 aromatic carbocycles. The first-order chi connectivity index (χ1) is 11.7. The van der Waals surface area contributed by atoms with Crippen molar-refractivity contribution in [2.45, 2.75) is 25.8 Å². The van der Waals surface area contributed by atoms with Crippen LogP contribution in [-0.2, 0) is 6.54 Å². The first-order valence-electron chi connectivity index (χ1n) is 8.86. The Kier molecular flexibility index (Phi) is 4.33. The molecule has 0 bridgehead atoms. The number of benzene rings is 1. The molecule has 1 aromatic heterocycles. The average Bonchev–Trinajstić information content (AvgIpc) is 3.00. The fraction of sp³-hybridized carbons (Fsp3) is 0.450. The van der Waals surface area contributed by atoms with Crippen LogP contribution in [0.2, 0.25) is 0 Å². The first kappa shape index (κ1) is 15.7. The monoisotopic (exact) mass is 325 g/mol. The van der Waals surface area contributed by atoms with Crippen LogP contribution in [0.25, 0.3) is 11.1 Å². The Balaban J connectivity index is 1.46. The highest BCUT2D eigenvalue weighted by Crippen LogP contribution is 2.39. The SMILES string of the molecule is Fc1cc(-c2ccncc2)ccc1CN1CCC2(CCNCC2)C1. The molecule has 4 rings (SSSR count). The van der Waals surface area contributed by atoms with E-state index >= 15 is 0 Å². The summed E-state index contributed by atoms with van der Waals surface area (Å²) in [4.78, 5) is 6.44. The van der Waals surface area contributed by atoms with Crippen LogP contribution in [0.3, 0.4) is 0 Å². The third kappa shape index (κ3) is 3.21. The number of rotatable bonds is 3. The molecule has 2 aromatic rings. The zero-order valence-electron chi connectivity index (χ0n) is 14.0. The summed E-state index contributed by atoms with van der Waals surface area (Å²) in [5, 5.41) is 3.45. The summed E-state index contributed by atoms with van der Waals surface area (Å²) in [5.74, 6) is -0.101. The highest BCUT2D eigenvalue weighted by molar-refractivity contribution is 5.63. The molecule has 0 atom stereocenters. The Bertz CT molecular complexity index is 695. The second kappa shape index (κ2) is 6.61. The summed E-state index contributed by atoms with van der Waals surface area (Å²) < 4.78 is 14.6. The van der Waals surface area contributed by atoms with Crippen molar-refractivity contribution in [3.63, 3.8) is 0 Å². The van der Waals surface area contributed by atoms with Gasteiger partial charge in [0, 0.05) is 31.0 Å². The number of pyridine rings is 1. The normalized spacial score (nSPS) is 20.5. The molecule has 2 aliphatic heterocycles. The summed E-state index contributed by atoms with van der Waals surface area (Å²) >= 11 is 0. The van der Waals surface area contributed by atoms with E-state index in [1.807, 2.05) is 24.3 Å². The number of nitrogens with one attached hydrogen (secondary N) is 1. The lowest BCUT2D eigenvalue weighted by Crippen LogP contribution is -2.38. The zero-order chi connectivity index (χ0) is 16.4. The van der Waals surface area contributed by atoms with Gasteiger partial charge in [-0.1, -0.05) is 12.1 Å². The Morgan fingerprint density at radius 1 is 1.04 bits per heavy atom. The van der Waals surface area contributed by atoms with Gasteiger partial charge in [-0.2, -0.15) is 0 Å². The topological polar surface area (TPSA) is 28.2 Å². The van der Waals surface area contributed by atoms with Crippen LogP contribution in [-0.4, -0.2) is 36.1 Å². The van der Waals surface area contributed by atoms with Gasteiger partial charge in [0.05, 0.1) is 0 Å². The zero-order valence-corrected chi connectivity index (χ0v) is 14.0. The number of likely N-dealkylation sites (tertiary alicyclic amines) is 1. The van der Waals surface area contributed by atoms with Gasteiger partial charge in [-0.15, -0.1) is 0 Å². The molecule has 3 heterocycles. The molecule has 0 saturated carbocycles. The van der Waals surface area contributed by atoms with Gasteiger partial charge in [0.25, 0.3) is 0 Å². The fourth-order valence-electron chi connectivity index (χ4n) is 4.17. The lowest BCUT2D eigenvalue weighted by molar-refractivity contribution is 0.193. The summed E-state index contributed by atoms with van der Waals surface area (Å²) in [5.41, 5.74) is 3.19. The van der Waals surface area contributed by atoms with E-state index in [2.05, 4.69) is 15.2 Å². The minimum Gasteiger partial charge on any atom is -0.317 e. The van der Waals surface area contributed by atoms with Crippen molar-refractivity contribution in [1.82, 2.24) is 15.2 Å². The van der Waals surface area contributed by atoms with Crippen molar-refractivity contribution >= 4 is 0 Å². The number of hydrogen-bond donors (Lipinski definition) is 1. The van der Waals surface area contributed by atoms with E-state index < -0.39 is 0 Å². The molecule has 2 saturated heterocycles. The third-order valence-corrected chi connectivity index (χ3v) is 5.64. The van der Waals surface area contributed by atoms with Gasteiger partial charge in [0.1, 0.15) is 5.82 Å². The number of halogens is 1. The van der Waals surface area contributed by atoms with E-state index in [-0.39, 0.29) is 5.82 Å². The molecule has 0 radical (unpaired) electrons. The summed E-state index contributed by atoms with van der Waals surface area (Å²) in [7, 11) is 0. The maximum absolute atomic E-state index is 14.6. The third-order valence-electron chi connectivity index (χ3n) is 5.64. The van der Waals surface area contributed by atoms with Gasteiger partial charge in [-0.3, -0.25) is 9.88 Å². The summed E-state index contributed by atoms with van der Waals surface area (Å²) in [6.07, 6.45) is 7.25.